The zero-order chi connectivity index (χ0) is 16.6. The van der Waals surface area contributed by atoms with Crippen LogP contribution in [0.3, 0.4) is 0 Å². The molecule has 23 heavy (non-hydrogen) atoms. The normalized spacial score (nSPS) is 33.9. The van der Waals surface area contributed by atoms with E-state index in [1.807, 2.05) is 0 Å². The van der Waals surface area contributed by atoms with Crippen LogP contribution in [-0.4, -0.2) is 37.4 Å². The van der Waals surface area contributed by atoms with Gasteiger partial charge in [-0.3, -0.25) is 0 Å². The Balaban J connectivity index is 1.61. The van der Waals surface area contributed by atoms with Gasteiger partial charge in [-0.25, -0.2) is 0 Å². The van der Waals surface area contributed by atoms with E-state index < -0.39 is 18.4 Å². The molecule has 1 saturated carbocycles. The fourth-order valence-electron chi connectivity index (χ4n) is 5.50. The quantitative estimate of drug-likeness (QED) is 0.494. The topological polar surface area (TPSA) is 18.5 Å². The van der Waals surface area contributed by atoms with Crippen LogP contribution in [0.5, 0.6) is 0 Å². The second-order valence-corrected chi connectivity index (χ2v) is 23.4. The average molecular weight is 429 g/mol. The average Bonchev–Trinajstić information content (AvgIpc) is 3.00. The summed E-state index contributed by atoms with van der Waals surface area (Å²) in [5.41, 5.74) is 0.203. The van der Waals surface area contributed by atoms with E-state index in [1.54, 1.807) is 17.7 Å². The number of rotatable bonds is 6. The molecule has 0 unspecified atom stereocenters. The fourth-order valence-corrected chi connectivity index (χ4v) is 24.4. The molecule has 0 N–H and O–H groups in total. The predicted molar refractivity (Wildman–Crippen MR) is 99.4 cm³/mol. The van der Waals surface area contributed by atoms with Crippen molar-refractivity contribution in [2.24, 2.45) is 17.3 Å². The Hall–Kier alpha value is 0.719. The van der Waals surface area contributed by atoms with Gasteiger partial charge < -0.3 is 0 Å². The molecular weight excluding hydrogens is 391 g/mol. The summed E-state index contributed by atoms with van der Waals surface area (Å²) < 4.78 is 19.3. The van der Waals surface area contributed by atoms with Crippen LogP contribution in [0.2, 0.25) is 17.7 Å². The Labute approximate surface area is 148 Å². The molecule has 2 heterocycles. The molecule has 0 aromatic heterocycles. The van der Waals surface area contributed by atoms with Gasteiger partial charge in [0.05, 0.1) is 0 Å². The molecule has 3 rings (SSSR count). The van der Waals surface area contributed by atoms with Gasteiger partial charge in [0.2, 0.25) is 0 Å². The van der Waals surface area contributed by atoms with Gasteiger partial charge in [0.15, 0.2) is 0 Å². The monoisotopic (exact) mass is 430 g/mol. The molecule has 2 saturated heterocycles. The van der Waals surface area contributed by atoms with E-state index in [4.69, 9.17) is 9.47 Å². The Morgan fingerprint density at radius 1 is 0.870 bits per heavy atom. The van der Waals surface area contributed by atoms with Crippen LogP contribution < -0.4 is 0 Å². The summed E-state index contributed by atoms with van der Waals surface area (Å²) in [5.74, 6) is 1.71. The van der Waals surface area contributed by atoms with Gasteiger partial charge in [0.1, 0.15) is 0 Å². The number of ether oxygens (including phenoxy) is 2. The zero-order valence-electron chi connectivity index (χ0n) is 16.0. The summed E-state index contributed by atoms with van der Waals surface area (Å²) in [6.45, 7) is 11.0. The molecule has 1 spiro atoms. The maximum atomic E-state index is 6.31. The molecule has 0 aromatic rings. The second-order valence-electron chi connectivity index (χ2n) is 9.70. The molecule has 134 valence electrons. The third kappa shape index (κ3) is 4.11. The van der Waals surface area contributed by atoms with Crippen LogP contribution >= 0.6 is 0 Å². The Kier molecular flexibility index (Phi) is 5.75. The number of hydrogen-bond donors (Lipinski definition) is 0. The molecular formula is C20H38O2Sn. The van der Waals surface area contributed by atoms with E-state index in [2.05, 4.69) is 27.7 Å². The van der Waals surface area contributed by atoms with Gasteiger partial charge in [-0.15, -0.1) is 0 Å². The first-order valence-corrected chi connectivity index (χ1v) is 18.3. The minimum absolute atomic E-state index is 0.182. The molecule has 2 atom stereocenters. The van der Waals surface area contributed by atoms with Crippen molar-refractivity contribution < 1.29 is 9.47 Å². The van der Waals surface area contributed by atoms with E-state index >= 15 is 0 Å². The fraction of sp³-hybridized carbons (Fsp3) is 1.00. The van der Waals surface area contributed by atoms with Gasteiger partial charge in [-0.05, 0) is 0 Å². The second kappa shape index (κ2) is 7.15. The van der Waals surface area contributed by atoms with Crippen molar-refractivity contribution in [3.8, 4) is 0 Å². The maximum absolute atomic E-state index is 6.31. The van der Waals surface area contributed by atoms with Crippen LogP contribution in [0.4, 0.5) is 0 Å². The number of hydrogen-bond acceptors (Lipinski definition) is 2. The van der Waals surface area contributed by atoms with Gasteiger partial charge >= 0.3 is 148 Å². The van der Waals surface area contributed by atoms with E-state index in [1.165, 1.54) is 38.5 Å². The molecule has 2 aliphatic heterocycles. The molecule has 3 fully saturated rings. The van der Waals surface area contributed by atoms with Crippen LogP contribution in [0.25, 0.3) is 0 Å². The molecule has 0 amide bonds. The van der Waals surface area contributed by atoms with Crippen LogP contribution in [-0.2, 0) is 9.47 Å². The van der Waals surface area contributed by atoms with Crippen molar-refractivity contribution in [3.63, 3.8) is 0 Å². The molecule has 1 aliphatic carbocycles. The summed E-state index contributed by atoms with van der Waals surface area (Å²) in [5, 5.41) is 0. The third-order valence-corrected chi connectivity index (χ3v) is 22.8. The van der Waals surface area contributed by atoms with Crippen LogP contribution in [0.1, 0.15) is 66.2 Å². The third-order valence-electron chi connectivity index (χ3n) is 6.78. The van der Waals surface area contributed by atoms with Crippen molar-refractivity contribution in [1.82, 2.24) is 0 Å². The van der Waals surface area contributed by atoms with Gasteiger partial charge in [0, 0.05) is 0 Å². The van der Waals surface area contributed by atoms with E-state index in [9.17, 15) is 0 Å². The van der Waals surface area contributed by atoms with E-state index in [0.29, 0.717) is 0 Å². The molecule has 3 heteroatoms. The zero-order valence-corrected chi connectivity index (χ0v) is 18.8. The first kappa shape index (κ1) is 18.5. The summed E-state index contributed by atoms with van der Waals surface area (Å²) in [7, 11) is 0. The van der Waals surface area contributed by atoms with Crippen molar-refractivity contribution in [2.45, 2.75) is 89.8 Å². The summed E-state index contributed by atoms with van der Waals surface area (Å²) >= 11 is -1.83. The van der Waals surface area contributed by atoms with Crippen molar-refractivity contribution in [3.05, 3.63) is 0 Å². The summed E-state index contributed by atoms with van der Waals surface area (Å²) in [4.78, 5) is 0. The first-order chi connectivity index (χ1) is 10.9. The predicted octanol–water partition coefficient (Wildman–Crippen LogP) is 5.84. The first-order valence-electron chi connectivity index (χ1n) is 10.2. The molecule has 0 aromatic carbocycles. The Morgan fingerprint density at radius 3 is 1.78 bits per heavy atom. The summed E-state index contributed by atoms with van der Waals surface area (Å²) in [6.07, 6.45) is 8.23. The molecule has 0 bridgehead atoms. The molecule has 3 aliphatic rings. The van der Waals surface area contributed by atoms with Crippen molar-refractivity contribution in [1.29, 1.82) is 0 Å². The SMILES string of the molecule is CCC[CH2][Sn]1([CH2]CCC)[CH2][C@@H]2CC3(C[C@H]2[CH2]1)OCC(C)(C)CO3. The summed E-state index contributed by atoms with van der Waals surface area (Å²) in [6, 6.07) is 0. The standard InChI is InChI=1S/C12H20O2.2C4H9.Sn/c1-9-5-12(6-10(9)2)13-7-11(3,4)8-14-12;2*1-3-4-2;/h9-10H,1-2,5-8H2,3-4H3;2*1,3-4H2,2H3;/t9-,10-;;;/m1.../s1. The van der Waals surface area contributed by atoms with Crippen LogP contribution in [0, 0.1) is 17.3 Å². The molecule has 2 nitrogen and oxygen atoms in total. The van der Waals surface area contributed by atoms with Crippen molar-refractivity contribution in [2.75, 3.05) is 13.2 Å². The Bertz CT molecular complexity index is 370. The van der Waals surface area contributed by atoms with Gasteiger partial charge in [-0.2, -0.15) is 0 Å². The van der Waals surface area contributed by atoms with Gasteiger partial charge in [-0.1, -0.05) is 0 Å². The molecule has 0 radical (unpaired) electrons. The van der Waals surface area contributed by atoms with Gasteiger partial charge in [0.25, 0.3) is 0 Å². The Morgan fingerprint density at radius 2 is 1.35 bits per heavy atom. The van der Waals surface area contributed by atoms with Crippen molar-refractivity contribution >= 4 is 18.4 Å². The number of fused-ring (bicyclic) bond motifs is 1. The van der Waals surface area contributed by atoms with E-state index in [-0.39, 0.29) is 11.2 Å². The van der Waals surface area contributed by atoms with E-state index in [0.717, 1.165) is 25.0 Å². The minimum atomic E-state index is -1.83. The number of unbranched alkanes of at least 4 members (excludes halogenated alkanes) is 2. The van der Waals surface area contributed by atoms with Crippen LogP contribution in [0.15, 0.2) is 0 Å².